The van der Waals surface area contributed by atoms with Gasteiger partial charge in [0.2, 0.25) is 0 Å². The fraction of sp³-hybridized carbons (Fsp3) is 0.591. The van der Waals surface area contributed by atoms with Crippen molar-refractivity contribution in [2.45, 2.75) is 64.9 Å². The lowest BCUT2D eigenvalue weighted by Crippen LogP contribution is -2.52. The molecule has 2 aromatic rings. The van der Waals surface area contributed by atoms with E-state index in [9.17, 15) is 4.79 Å². The monoisotopic (exact) mass is 435 g/mol. The van der Waals surface area contributed by atoms with Gasteiger partial charge in [-0.05, 0) is 37.0 Å². The van der Waals surface area contributed by atoms with Gasteiger partial charge in [0, 0.05) is 11.4 Å². The fourth-order valence-electron chi connectivity index (χ4n) is 3.74. The number of carbonyl (C=O) groups is 1. The van der Waals surface area contributed by atoms with Gasteiger partial charge in [-0.2, -0.15) is 5.10 Å². The summed E-state index contributed by atoms with van der Waals surface area (Å²) in [7, 11) is 0. The Labute approximate surface area is 182 Å². The first-order chi connectivity index (χ1) is 14.4. The molecular weight excluding hydrogens is 406 g/mol. The lowest BCUT2D eigenvalue weighted by Gasteiger charge is -2.44. The van der Waals surface area contributed by atoms with Crippen LogP contribution in [0.2, 0.25) is 5.02 Å². The van der Waals surface area contributed by atoms with Crippen LogP contribution in [-0.4, -0.2) is 46.3 Å². The van der Waals surface area contributed by atoms with E-state index in [-0.39, 0.29) is 18.3 Å². The average molecular weight is 436 g/mol. The molecular formula is C22H30ClN3O4. The molecule has 0 amide bonds. The van der Waals surface area contributed by atoms with Crippen LogP contribution in [0.5, 0.6) is 0 Å². The molecule has 1 fully saturated rings. The first kappa shape index (κ1) is 22.7. The third-order valence-electron chi connectivity index (χ3n) is 5.41. The van der Waals surface area contributed by atoms with Gasteiger partial charge < -0.3 is 14.2 Å². The van der Waals surface area contributed by atoms with E-state index in [1.807, 2.05) is 45.0 Å². The molecule has 1 aliphatic rings. The molecule has 3 rings (SSSR count). The molecule has 0 aliphatic carbocycles. The molecule has 8 heteroatoms. The summed E-state index contributed by atoms with van der Waals surface area (Å²) in [6.45, 7) is 6.88. The van der Waals surface area contributed by atoms with Crippen molar-refractivity contribution >= 4 is 17.6 Å². The second-order valence-electron chi connectivity index (χ2n) is 8.05. The summed E-state index contributed by atoms with van der Waals surface area (Å²) >= 11 is 6.06. The van der Waals surface area contributed by atoms with Crippen LogP contribution < -0.4 is 0 Å². The van der Waals surface area contributed by atoms with Crippen LogP contribution >= 0.6 is 11.6 Å². The van der Waals surface area contributed by atoms with E-state index in [4.69, 9.17) is 25.8 Å². The number of ether oxygens (including phenoxy) is 3. The number of carbonyl (C=O) groups excluding carboxylic acids is 1. The van der Waals surface area contributed by atoms with Crippen molar-refractivity contribution < 1.29 is 19.0 Å². The first-order valence-electron chi connectivity index (χ1n) is 10.5. The molecule has 2 unspecified atom stereocenters. The van der Waals surface area contributed by atoms with Crippen molar-refractivity contribution in [2.75, 3.05) is 13.2 Å². The van der Waals surface area contributed by atoms with Gasteiger partial charge in [-0.3, -0.25) is 4.79 Å². The van der Waals surface area contributed by atoms with Crippen LogP contribution in [0.15, 0.2) is 36.9 Å². The quantitative estimate of drug-likeness (QED) is 0.549. The van der Waals surface area contributed by atoms with Crippen molar-refractivity contribution in [1.82, 2.24) is 14.8 Å². The van der Waals surface area contributed by atoms with Gasteiger partial charge in [0.05, 0.1) is 24.7 Å². The van der Waals surface area contributed by atoms with Crippen molar-refractivity contribution in [1.29, 1.82) is 0 Å². The van der Waals surface area contributed by atoms with E-state index < -0.39 is 11.5 Å². The summed E-state index contributed by atoms with van der Waals surface area (Å²) in [5.74, 6) is -0.234. The molecule has 1 aromatic heterocycles. The molecule has 0 N–H and O–H groups in total. The van der Waals surface area contributed by atoms with Crippen molar-refractivity contribution in [3.05, 3.63) is 47.5 Å². The topological polar surface area (TPSA) is 75.5 Å². The third-order valence-corrected chi connectivity index (χ3v) is 5.67. The van der Waals surface area contributed by atoms with Gasteiger partial charge in [-0.1, -0.05) is 44.5 Å². The van der Waals surface area contributed by atoms with Crippen LogP contribution in [0, 0.1) is 5.41 Å². The van der Waals surface area contributed by atoms with E-state index >= 15 is 0 Å². The molecule has 1 saturated heterocycles. The summed E-state index contributed by atoms with van der Waals surface area (Å²) in [5, 5.41) is 5.04. The predicted octanol–water partition coefficient (Wildman–Crippen LogP) is 4.22. The highest BCUT2D eigenvalue weighted by Gasteiger charge is 2.46. The van der Waals surface area contributed by atoms with E-state index in [2.05, 4.69) is 10.1 Å². The normalized spacial score (nSPS) is 23.7. The minimum atomic E-state index is -0.530. The van der Waals surface area contributed by atoms with Crippen LogP contribution in [0.3, 0.4) is 0 Å². The van der Waals surface area contributed by atoms with Crippen molar-refractivity contribution in [3.63, 3.8) is 0 Å². The molecule has 30 heavy (non-hydrogen) atoms. The van der Waals surface area contributed by atoms with Crippen LogP contribution in [-0.2, 0) is 25.4 Å². The maximum atomic E-state index is 12.6. The Morgan fingerprint density at radius 2 is 2.00 bits per heavy atom. The maximum absolute atomic E-state index is 12.6. The highest BCUT2D eigenvalue weighted by Crippen LogP contribution is 2.38. The molecule has 7 nitrogen and oxygen atoms in total. The summed E-state index contributed by atoms with van der Waals surface area (Å²) in [6, 6.07) is 7.38. The van der Waals surface area contributed by atoms with E-state index in [0.29, 0.717) is 31.1 Å². The molecule has 2 atom stereocenters. The third kappa shape index (κ3) is 5.59. The molecule has 0 spiro atoms. The standard InChI is InChI=1S/C22H30ClN3O4/c1-4-6-19(27)30-21(22(3)12-28-20(5-2)29-13-22)18(26-15-24-14-25-26)11-16-7-9-17(23)10-8-16/h7-10,14-15,18,20-21H,4-6,11-13H2,1-3H3. The van der Waals surface area contributed by atoms with Crippen LogP contribution in [0.1, 0.15) is 51.6 Å². The van der Waals surface area contributed by atoms with Gasteiger partial charge in [-0.15, -0.1) is 0 Å². The highest BCUT2D eigenvalue weighted by molar-refractivity contribution is 6.30. The number of rotatable bonds is 9. The number of hydrogen-bond acceptors (Lipinski definition) is 6. The number of hydrogen-bond donors (Lipinski definition) is 0. The minimum Gasteiger partial charge on any atom is -0.459 e. The number of nitrogens with zero attached hydrogens (tertiary/aromatic N) is 3. The van der Waals surface area contributed by atoms with Gasteiger partial charge in [-0.25, -0.2) is 9.67 Å². The van der Waals surface area contributed by atoms with Crippen molar-refractivity contribution in [2.24, 2.45) is 5.41 Å². The number of halogens is 1. The molecule has 1 aliphatic heterocycles. The second kappa shape index (κ2) is 10.4. The predicted molar refractivity (Wildman–Crippen MR) is 113 cm³/mol. The van der Waals surface area contributed by atoms with E-state index in [1.165, 1.54) is 6.33 Å². The van der Waals surface area contributed by atoms with E-state index in [0.717, 1.165) is 18.4 Å². The zero-order valence-electron chi connectivity index (χ0n) is 17.8. The van der Waals surface area contributed by atoms with Gasteiger partial charge >= 0.3 is 5.97 Å². The molecule has 0 bridgehead atoms. The van der Waals surface area contributed by atoms with Crippen LogP contribution in [0.4, 0.5) is 0 Å². The largest absolute Gasteiger partial charge is 0.459 e. The fourth-order valence-corrected chi connectivity index (χ4v) is 3.86. The lowest BCUT2D eigenvalue weighted by atomic mass is 9.79. The molecule has 0 radical (unpaired) electrons. The summed E-state index contributed by atoms with van der Waals surface area (Å²) in [6.07, 6.45) is 4.85. The maximum Gasteiger partial charge on any atom is 0.306 e. The Morgan fingerprint density at radius 3 is 2.57 bits per heavy atom. The molecule has 164 valence electrons. The summed E-state index contributed by atoms with van der Waals surface area (Å²) in [5.41, 5.74) is 0.530. The summed E-state index contributed by atoms with van der Waals surface area (Å²) in [4.78, 5) is 16.7. The Bertz CT molecular complexity index is 789. The smallest absolute Gasteiger partial charge is 0.306 e. The Hall–Kier alpha value is -1.96. The SMILES string of the molecule is CCCC(=O)OC(C(Cc1ccc(Cl)cc1)n1cncn1)C1(C)COC(CC)OC1. The Balaban J connectivity index is 1.93. The number of aromatic nitrogens is 3. The average Bonchev–Trinajstić information content (AvgIpc) is 3.27. The Kier molecular flexibility index (Phi) is 7.86. The van der Waals surface area contributed by atoms with Gasteiger partial charge in [0.1, 0.15) is 18.8 Å². The van der Waals surface area contributed by atoms with Crippen molar-refractivity contribution in [3.8, 4) is 0 Å². The highest BCUT2D eigenvalue weighted by atomic mass is 35.5. The second-order valence-corrected chi connectivity index (χ2v) is 8.48. The minimum absolute atomic E-state index is 0.230. The van der Waals surface area contributed by atoms with Gasteiger partial charge in [0.15, 0.2) is 6.29 Å². The number of benzene rings is 1. The number of esters is 1. The summed E-state index contributed by atoms with van der Waals surface area (Å²) < 4.78 is 19.7. The zero-order valence-corrected chi connectivity index (χ0v) is 18.5. The van der Waals surface area contributed by atoms with E-state index in [1.54, 1.807) is 11.0 Å². The first-order valence-corrected chi connectivity index (χ1v) is 10.8. The molecule has 1 aromatic carbocycles. The molecule has 2 heterocycles. The van der Waals surface area contributed by atoms with Crippen LogP contribution in [0.25, 0.3) is 0 Å². The lowest BCUT2D eigenvalue weighted by molar-refractivity contribution is -0.253. The van der Waals surface area contributed by atoms with Gasteiger partial charge in [0.25, 0.3) is 0 Å². The molecule has 0 saturated carbocycles. The zero-order chi connectivity index (χ0) is 21.6. The Morgan fingerprint density at radius 1 is 1.30 bits per heavy atom.